The zero-order chi connectivity index (χ0) is 19.1. The van der Waals surface area contributed by atoms with Crippen LogP contribution in [0, 0.1) is 0 Å². The van der Waals surface area contributed by atoms with Crippen LogP contribution >= 0.6 is 0 Å². The third-order valence-corrected chi connectivity index (χ3v) is 3.81. The van der Waals surface area contributed by atoms with E-state index in [0.29, 0.717) is 12.2 Å². The van der Waals surface area contributed by atoms with E-state index in [1.165, 1.54) is 16.8 Å². The molecule has 1 aromatic carbocycles. The maximum atomic E-state index is 12.5. The first-order valence-electron chi connectivity index (χ1n) is 8.74. The zero-order valence-electron chi connectivity index (χ0n) is 15.0. The largest absolute Gasteiger partial charge is 0.321 e. The summed E-state index contributed by atoms with van der Waals surface area (Å²) in [4.78, 5) is 28.4. The van der Waals surface area contributed by atoms with E-state index < -0.39 is 0 Å². The van der Waals surface area contributed by atoms with Crippen LogP contribution in [0.25, 0.3) is 12.2 Å². The Hall–Kier alpha value is -3.54. The van der Waals surface area contributed by atoms with E-state index in [2.05, 4.69) is 15.4 Å². The van der Waals surface area contributed by atoms with E-state index in [-0.39, 0.29) is 17.2 Å². The second-order valence-electron chi connectivity index (χ2n) is 5.95. The highest BCUT2D eigenvalue weighted by atomic mass is 16.2. The summed E-state index contributed by atoms with van der Waals surface area (Å²) >= 11 is 0. The predicted molar refractivity (Wildman–Crippen MR) is 106 cm³/mol. The fraction of sp³-hybridized carbons (Fsp3) is 0.143. The van der Waals surface area contributed by atoms with Crippen LogP contribution < -0.4 is 10.9 Å². The minimum absolute atomic E-state index is 0.206. The Morgan fingerprint density at radius 3 is 2.78 bits per heavy atom. The van der Waals surface area contributed by atoms with Crippen molar-refractivity contribution in [1.82, 2.24) is 14.8 Å². The van der Waals surface area contributed by atoms with Crippen molar-refractivity contribution >= 4 is 23.7 Å². The van der Waals surface area contributed by atoms with Gasteiger partial charge in [0.05, 0.1) is 5.69 Å². The molecule has 0 spiro atoms. The third-order valence-electron chi connectivity index (χ3n) is 3.81. The number of rotatable bonds is 6. The molecule has 0 atom stereocenters. The lowest BCUT2D eigenvalue weighted by molar-refractivity contribution is 0.102. The maximum Gasteiger partial charge on any atom is 0.276 e. The first-order valence-corrected chi connectivity index (χ1v) is 8.74. The second kappa shape index (κ2) is 8.71. The lowest BCUT2D eigenvalue weighted by Gasteiger charge is -2.07. The number of nitrogens with one attached hydrogen (secondary N) is 1. The molecule has 0 aliphatic rings. The molecule has 0 bridgehead atoms. The number of carbonyl (C=O) groups is 1. The van der Waals surface area contributed by atoms with Gasteiger partial charge in [-0.1, -0.05) is 31.2 Å². The normalized spacial score (nSPS) is 10.9. The quantitative estimate of drug-likeness (QED) is 0.730. The molecule has 1 N–H and O–H groups in total. The second-order valence-corrected chi connectivity index (χ2v) is 5.95. The smallest absolute Gasteiger partial charge is 0.276 e. The van der Waals surface area contributed by atoms with Crippen molar-refractivity contribution in [3.8, 4) is 0 Å². The van der Waals surface area contributed by atoms with Crippen LogP contribution in [-0.2, 0) is 6.54 Å². The van der Waals surface area contributed by atoms with Crippen molar-refractivity contribution in [2.45, 2.75) is 19.9 Å². The van der Waals surface area contributed by atoms with E-state index in [9.17, 15) is 9.59 Å². The molecule has 0 saturated heterocycles. The van der Waals surface area contributed by atoms with Crippen LogP contribution in [0.5, 0.6) is 0 Å². The van der Waals surface area contributed by atoms with E-state index in [1.807, 2.05) is 55.5 Å². The number of hydrogen-bond acceptors (Lipinski definition) is 4. The van der Waals surface area contributed by atoms with Gasteiger partial charge in [0.2, 0.25) is 0 Å². The molecule has 2 heterocycles. The summed E-state index contributed by atoms with van der Waals surface area (Å²) in [6, 6.07) is 16.0. The number of benzene rings is 1. The number of hydrogen-bond donors (Lipinski definition) is 1. The van der Waals surface area contributed by atoms with Gasteiger partial charge in [0, 0.05) is 24.5 Å². The Balaban J connectivity index is 1.74. The van der Waals surface area contributed by atoms with Crippen molar-refractivity contribution in [1.29, 1.82) is 0 Å². The summed E-state index contributed by atoms with van der Waals surface area (Å²) < 4.78 is 1.31. The van der Waals surface area contributed by atoms with E-state index >= 15 is 0 Å². The van der Waals surface area contributed by atoms with Gasteiger partial charge in [0.1, 0.15) is 5.69 Å². The topological polar surface area (TPSA) is 76.9 Å². The van der Waals surface area contributed by atoms with Crippen molar-refractivity contribution in [2.24, 2.45) is 0 Å². The first kappa shape index (κ1) is 18.3. The van der Waals surface area contributed by atoms with Crippen LogP contribution in [0.2, 0.25) is 0 Å². The van der Waals surface area contributed by atoms with Gasteiger partial charge in [-0.15, -0.1) is 0 Å². The van der Waals surface area contributed by atoms with Gasteiger partial charge < -0.3 is 5.32 Å². The van der Waals surface area contributed by atoms with Gasteiger partial charge in [-0.05, 0) is 48.4 Å². The molecule has 6 heteroatoms. The van der Waals surface area contributed by atoms with Gasteiger partial charge in [-0.25, -0.2) is 4.68 Å². The average molecular weight is 360 g/mol. The van der Waals surface area contributed by atoms with Crippen molar-refractivity contribution < 1.29 is 4.79 Å². The minimum atomic E-state index is -0.356. The Kier molecular flexibility index (Phi) is 5.89. The summed E-state index contributed by atoms with van der Waals surface area (Å²) in [5.74, 6) is -0.356. The highest BCUT2D eigenvalue weighted by Gasteiger charge is 2.10. The van der Waals surface area contributed by atoms with E-state index in [1.54, 1.807) is 12.3 Å². The number of anilines is 1. The summed E-state index contributed by atoms with van der Waals surface area (Å²) in [7, 11) is 0. The Labute approximate surface area is 157 Å². The van der Waals surface area contributed by atoms with E-state index in [0.717, 1.165) is 17.7 Å². The molecule has 0 radical (unpaired) electrons. The molecular formula is C21H20N4O2. The Morgan fingerprint density at radius 2 is 2.00 bits per heavy atom. The molecule has 2 aromatic heterocycles. The molecule has 6 nitrogen and oxygen atoms in total. The minimum Gasteiger partial charge on any atom is -0.321 e. The Bertz CT molecular complexity index is 1010. The van der Waals surface area contributed by atoms with Crippen molar-refractivity contribution in [3.63, 3.8) is 0 Å². The number of aromatic nitrogens is 3. The van der Waals surface area contributed by atoms with Crippen LogP contribution in [0.4, 0.5) is 5.69 Å². The van der Waals surface area contributed by atoms with Crippen LogP contribution in [0.3, 0.4) is 0 Å². The molecule has 0 aliphatic carbocycles. The summed E-state index contributed by atoms with van der Waals surface area (Å²) in [5, 5.41) is 6.95. The molecule has 27 heavy (non-hydrogen) atoms. The number of pyridine rings is 1. The molecular weight excluding hydrogens is 340 g/mol. The SMILES string of the molecule is CCCn1nc(C(=O)Nc2cccc(/C=C/c3ccccn3)c2)ccc1=O. The lowest BCUT2D eigenvalue weighted by Crippen LogP contribution is -2.26. The third kappa shape index (κ3) is 4.98. The molecule has 3 rings (SSSR count). The zero-order valence-corrected chi connectivity index (χ0v) is 15.0. The Morgan fingerprint density at radius 1 is 1.11 bits per heavy atom. The summed E-state index contributed by atoms with van der Waals surface area (Å²) in [6.45, 7) is 2.43. The molecule has 0 unspecified atom stereocenters. The maximum absolute atomic E-state index is 12.5. The predicted octanol–water partition coefficient (Wildman–Crippen LogP) is 3.47. The standard InChI is InChI=1S/C21H20N4O2/c1-2-14-25-20(26)12-11-19(24-25)21(27)23-18-8-5-6-16(15-18)9-10-17-7-3-4-13-22-17/h3-13,15H,2,14H2,1H3,(H,23,27)/b10-9+. The molecule has 3 aromatic rings. The lowest BCUT2D eigenvalue weighted by atomic mass is 10.1. The molecule has 1 amide bonds. The average Bonchev–Trinajstić information content (AvgIpc) is 2.69. The van der Waals surface area contributed by atoms with Gasteiger partial charge >= 0.3 is 0 Å². The highest BCUT2D eigenvalue weighted by molar-refractivity contribution is 6.02. The van der Waals surface area contributed by atoms with Gasteiger partial charge in [-0.2, -0.15) is 5.10 Å². The molecule has 0 saturated carbocycles. The molecule has 136 valence electrons. The fourth-order valence-electron chi connectivity index (χ4n) is 2.51. The van der Waals surface area contributed by atoms with Crippen LogP contribution in [-0.4, -0.2) is 20.7 Å². The fourth-order valence-corrected chi connectivity index (χ4v) is 2.51. The molecule has 0 aliphatic heterocycles. The van der Waals surface area contributed by atoms with E-state index in [4.69, 9.17) is 0 Å². The first-order chi connectivity index (χ1) is 13.2. The van der Waals surface area contributed by atoms with Crippen molar-refractivity contribution in [2.75, 3.05) is 5.32 Å². The van der Waals surface area contributed by atoms with Gasteiger partial charge in [0.15, 0.2) is 0 Å². The van der Waals surface area contributed by atoms with Gasteiger partial charge in [-0.3, -0.25) is 14.6 Å². The van der Waals surface area contributed by atoms with Crippen molar-refractivity contribution in [3.05, 3.63) is 88.1 Å². The summed E-state index contributed by atoms with van der Waals surface area (Å²) in [6.07, 6.45) is 6.34. The molecule has 0 fully saturated rings. The van der Waals surface area contributed by atoms with Crippen LogP contribution in [0.15, 0.2) is 65.6 Å². The number of amides is 1. The highest BCUT2D eigenvalue weighted by Crippen LogP contribution is 2.14. The summed E-state index contributed by atoms with van der Waals surface area (Å²) in [5.41, 5.74) is 2.43. The monoisotopic (exact) mass is 360 g/mol. The number of nitrogens with zero attached hydrogens (tertiary/aromatic N) is 3. The number of carbonyl (C=O) groups excluding carboxylic acids is 1. The van der Waals surface area contributed by atoms with Gasteiger partial charge in [0.25, 0.3) is 11.5 Å². The van der Waals surface area contributed by atoms with Crippen LogP contribution in [0.1, 0.15) is 35.1 Å². The number of aryl methyl sites for hydroxylation is 1.